The normalized spacial score (nSPS) is 14.6. The Morgan fingerprint density at radius 1 is 0.778 bits per heavy atom. The summed E-state index contributed by atoms with van der Waals surface area (Å²) in [5, 5.41) is 0. The van der Waals surface area contributed by atoms with E-state index in [1.807, 2.05) is 0 Å². The average Bonchev–Trinajstić information content (AvgIpc) is 2.35. The van der Waals surface area contributed by atoms with Gasteiger partial charge >= 0.3 is 0 Å². The second-order valence-corrected chi connectivity index (χ2v) is 6.93. The molecule has 110 valence electrons. The fourth-order valence-electron chi connectivity index (χ4n) is 2.38. The molecule has 0 radical (unpaired) electrons. The summed E-state index contributed by atoms with van der Waals surface area (Å²) in [6.45, 7) is 4.42. The minimum atomic E-state index is -2.31. The van der Waals surface area contributed by atoms with Crippen LogP contribution in [0.15, 0.2) is 0 Å². The van der Waals surface area contributed by atoms with E-state index in [1.165, 1.54) is 51.4 Å². The average molecular weight is 276 g/mol. The third kappa shape index (κ3) is 11.3. The first kappa shape index (κ1) is 18.2. The quantitative estimate of drug-likeness (QED) is 0.354. The number of hydrogen-bond donors (Lipinski definition) is 1. The number of rotatable bonds is 13. The minimum Gasteiger partial charge on any atom is -0.346 e. The largest absolute Gasteiger partial charge is 0.346 e. The Morgan fingerprint density at radius 3 is 1.61 bits per heavy atom. The molecule has 0 saturated heterocycles. The van der Waals surface area contributed by atoms with Crippen LogP contribution >= 0.6 is 8.03 Å². The van der Waals surface area contributed by atoms with E-state index in [1.54, 1.807) is 0 Å². The molecule has 3 heteroatoms. The van der Waals surface area contributed by atoms with Crippen LogP contribution in [0.5, 0.6) is 0 Å². The summed E-state index contributed by atoms with van der Waals surface area (Å²) in [6.07, 6.45) is 14.4. The van der Waals surface area contributed by atoms with Gasteiger partial charge in [0.15, 0.2) is 8.03 Å². The fraction of sp³-hybridized carbons (Fsp3) is 1.00. The van der Waals surface area contributed by atoms with Crippen molar-refractivity contribution in [3.05, 3.63) is 0 Å². The maximum atomic E-state index is 11.3. The van der Waals surface area contributed by atoms with Gasteiger partial charge in [-0.05, 0) is 12.8 Å². The highest BCUT2D eigenvalue weighted by Crippen LogP contribution is 2.31. The van der Waals surface area contributed by atoms with Gasteiger partial charge in [0.05, 0.1) is 0 Å². The van der Waals surface area contributed by atoms with Crippen molar-refractivity contribution in [1.29, 1.82) is 0 Å². The van der Waals surface area contributed by atoms with E-state index in [9.17, 15) is 9.46 Å². The molecule has 0 aliphatic carbocycles. The molecule has 18 heavy (non-hydrogen) atoms. The van der Waals surface area contributed by atoms with Crippen molar-refractivity contribution in [3.8, 4) is 0 Å². The second kappa shape index (κ2) is 13.6. The highest BCUT2D eigenvalue weighted by molar-refractivity contribution is 7.38. The molecule has 0 bridgehead atoms. The lowest BCUT2D eigenvalue weighted by atomic mass is 10.0. The summed E-state index contributed by atoms with van der Waals surface area (Å²) in [7, 11) is -2.31. The summed E-state index contributed by atoms with van der Waals surface area (Å²) in [5.41, 5.74) is 0.0954. The third-order valence-corrected chi connectivity index (χ3v) is 4.94. The van der Waals surface area contributed by atoms with Crippen LogP contribution in [-0.4, -0.2) is 10.6 Å². The highest BCUT2D eigenvalue weighted by atomic mass is 31.1. The molecule has 0 amide bonds. The molecule has 0 heterocycles. The third-order valence-electron chi connectivity index (χ3n) is 3.66. The zero-order valence-electron chi connectivity index (χ0n) is 12.4. The van der Waals surface area contributed by atoms with Gasteiger partial charge < -0.3 is 4.89 Å². The van der Waals surface area contributed by atoms with Gasteiger partial charge in [0.25, 0.3) is 0 Å². The van der Waals surface area contributed by atoms with Crippen molar-refractivity contribution in [2.75, 3.05) is 0 Å². The van der Waals surface area contributed by atoms with E-state index < -0.39 is 8.03 Å². The standard InChI is InChI=1S/C15H33O2P/c1-3-5-7-9-10-12-14-15(18(16)17)13-11-8-6-4-2/h15,18H,3-14H2,1-2H3,(H,16,17). The Balaban J connectivity index is 3.54. The maximum Gasteiger partial charge on any atom is 0.192 e. The molecule has 0 aromatic carbocycles. The van der Waals surface area contributed by atoms with Gasteiger partial charge in [-0.1, -0.05) is 78.1 Å². The van der Waals surface area contributed by atoms with Crippen LogP contribution in [-0.2, 0) is 4.57 Å². The van der Waals surface area contributed by atoms with Crippen LogP contribution in [0.2, 0.25) is 0 Å². The molecule has 0 aliphatic heterocycles. The topological polar surface area (TPSA) is 37.3 Å². The van der Waals surface area contributed by atoms with E-state index in [0.717, 1.165) is 25.7 Å². The van der Waals surface area contributed by atoms with Crippen molar-refractivity contribution < 1.29 is 9.46 Å². The molecular formula is C15H33O2P. The molecular weight excluding hydrogens is 243 g/mol. The van der Waals surface area contributed by atoms with E-state index in [4.69, 9.17) is 0 Å². The second-order valence-electron chi connectivity index (χ2n) is 5.44. The molecule has 0 aromatic rings. The molecule has 2 atom stereocenters. The summed E-state index contributed by atoms with van der Waals surface area (Å²) in [4.78, 5) is 9.36. The van der Waals surface area contributed by atoms with Crippen molar-refractivity contribution in [3.63, 3.8) is 0 Å². The van der Waals surface area contributed by atoms with Gasteiger partial charge in [-0.15, -0.1) is 0 Å². The number of unbranched alkanes of at least 4 members (excludes halogenated alkanes) is 8. The van der Waals surface area contributed by atoms with Gasteiger partial charge in [-0.2, -0.15) is 0 Å². The van der Waals surface area contributed by atoms with Crippen LogP contribution in [0.1, 0.15) is 90.9 Å². The van der Waals surface area contributed by atoms with Crippen LogP contribution in [0, 0.1) is 0 Å². The molecule has 0 aliphatic rings. The van der Waals surface area contributed by atoms with E-state index in [0.29, 0.717) is 0 Å². The molecule has 2 nitrogen and oxygen atoms in total. The zero-order valence-corrected chi connectivity index (χ0v) is 13.4. The van der Waals surface area contributed by atoms with Crippen LogP contribution in [0.3, 0.4) is 0 Å². The first-order chi connectivity index (χ1) is 8.72. The number of hydrogen-bond acceptors (Lipinski definition) is 1. The molecule has 0 spiro atoms. The fourth-order valence-corrected chi connectivity index (χ4v) is 3.28. The van der Waals surface area contributed by atoms with Crippen molar-refractivity contribution in [2.24, 2.45) is 0 Å². The molecule has 0 saturated carbocycles. The van der Waals surface area contributed by atoms with Gasteiger partial charge in [0.2, 0.25) is 0 Å². The first-order valence-electron chi connectivity index (χ1n) is 7.95. The van der Waals surface area contributed by atoms with Crippen molar-refractivity contribution in [2.45, 2.75) is 96.6 Å². The lowest BCUT2D eigenvalue weighted by Crippen LogP contribution is -2.02. The molecule has 2 unspecified atom stereocenters. The Kier molecular flexibility index (Phi) is 13.8. The molecule has 0 fully saturated rings. The predicted octanol–water partition coefficient (Wildman–Crippen LogP) is 5.54. The smallest absolute Gasteiger partial charge is 0.192 e. The zero-order chi connectivity index (χ0) is 13.6. The van der Waals surface area contributed by atoms with Gasteiger partial charge in [0, 0.05) is 5.66 Å². The van der Waals surface area contributed by atoms with Crippen molar-refractivity contribution in [1.82, 2.24) is 0 Å². The Hall–Kier alpha value is 0.190. The SMILES string of the molecule is CCCCCCCCC(CCCCCC)[PH](=O)O. The minimum absolute atomic E-state index is 0.0954. The van der Waals surface area contributed by atoms with E-state index in [2.05, 4.69) is 13.8 Å². The summed E-state index contributed by atoms with van der Waals surface area (Å²) in [5.74, 6) is 0. The van der Waals surface area contributed by atoms with Crippen molar-refractivity contribution >= 4 is 8.03 Å². The summed E-state index contributed by atoms with van der Waals surface area (Å²) < 4.78 is 11.3. The van der Waals surface area contributed by atoms with Gasteiger partial charge in [-0.25, -0.2) is 0 Å². The lowest BCUT2D eigenvalue weighted by molar-refractivity contribution is 0.462. The van der Waals surface area contributed by atoms with Crippen LogP contribution in [0.25, 0.3) is 0 Å². The predicted molar refractivity (Wildman–Crippen MR) is 81.8 cm³/mol. The van der Waals surface area contributed by atoms with E-state index >= 15 is 0 Å². The maximum absolute atomic E-state index is 11.3. The van der Waals surface area contributed by atoms with Crippen LogP contribution in [0.4, 0.5) is 0 Å². The Morgan fingerprint density at radius 2 is 1.17 bits per heavy atom. The molecule has 0 rings (SSSR count). The Bertz CT molecular complexity index is 195. The molecule has 1 N–H and O–H groups in total. The highest BCUT2D eigenvalue weighted by Gasteiger charge is 2.13. The van der Waals surface area contributed by atoms with Gasteiger partial charge in [-0.3, -0.25) is 4.57 Å². The Labute approximate surface area is 114 Å². The molecule has 0 aromatic heterocycles. The van der Waals surface area contributed by atoms with Crippen LogP contribution < -0.4 is 0 Å². The van der Waals surface area contributed by atoms with Gasteiger partial charge in [0.1, 0.15) is 0 Å². The van der Waals surface area contributed by atoms with E-state index in [-0.39, 0.29) is 5.66 Å². The summed E-state index contributed by atoms with van der Waals surface area (Å²) >= 11 is 0. The summed E-state index contributed by atoms with van der Waals surface area (Å²) in [6, 6.07) is 0. The first-order valence-corrected chi connectivity index (χ1v) is 9.38. The monoisotopic (exact) mass is 276 g/mol. The lowest BCUT2D eigenvalue weighted by Gasteiger charge is -2.13.